The van der Waals surface area contributed by atoms with Crippen molar-refractivity contribution < 1.29 is 23.7 Å². The van der Waals surface area contributed by atoms with Crippen LogP contribution in [0.15, 0.2) is 42.5 Å². The highest BCUT2D eigenvalue weighted by Crippen LogP contribution is 2.28. The molecule has 0 spiro atoms. The maximum atomic E-state index is 12.3. The van der Waals surface area contributed by atoms with E-state index in [4.69, 9.17) is 18.9 Å². The largest absolute Gasteiger partial charge is 0.497 e. The van der Waals surface area contributed by atoms with E-state index in [2.05, 4.69) is 0 Å². The van der Waals surface area contributed by atoms with Crippen molar-refractivity contribution >= 4 is 5.97 Å². The molecule has 2 rings (SSSR count). The second-order valence-electron chi connectivity index (χ2n) is 4.37. The molecule has 116 valence electrons. The molecule has 0 amide bonds. The van der Waals surface area contributed by atoms with Gasteiger partial charge in [0.05, 0.1) is 26.4 Å². The summed E-state index contributed by atoms with van der Waals surface area (Å²) in [7, 11) is 3.04. The second kappa shape index (κ2) is 7.36. The fraction of sp³-hybridized carbons (Fsp3) is 0.235. The monoisotopic (exact) mass is 302 g/mol. The third-order valence-electron chi connectivity index (χ3n) is 2.94. The maximum absolute atomic E-state index is 12.3. The van der Waals surface area contributed by atoms with E-state index in [1.807, 2.05) is 13.0 Å². The van der Waals surface area contributed by atoms with Crippen LogP contribution in [0.5, 0.6) is 23.0 Å². The summed E-state index contributed by atoms with van der Waals surface area (Å²) in [6.07, 6.45) is 0. The van der Waals surface area contributed by atoms with E-state index in [-0.39, 0.29) is 0 Å². The van der Waals surface area contributed by atoms with Crippen molar-refractivity contribution in [1.29, 1.82) is 0 Å². The smallest absolute Gasteiger partial charge is 0.343 e. The zero-order valence-corrected chi connectivity index (χ0v) is 12.8. The summed E-state index contributed by atoms with van der Waals surface area (Å²) < 4.78 is 21.1. The van der Waals surface area contributed by atoms with Gasteiger partial charge in [-0.2, -0.15) is 0 Å². The lowest BCUT2D eigenvalue weighted by atomic mass is 10.2. The standard InChI is InChI=1S/C17H18O5/c1-4-21-15-7-5-6-8-16(15)22-17(18)12-9-13(19-2)11-14(10-12)20-3/h5-11H,4H2,1-3H3. The molecule has 0 aliphatic heterocycles. The number of carbonyl (C=O) groups is 1. The highest BCUT2D eigenvalue weighted by molar-refractivity contribution is 5.92. The molecule has 0 fully saturated rings. The molecule has 2 aromatic carbocycles. The van der Waals surface area contributed by atoms with E-state index >= 15 is 0 Å². The van der Waals surface area contributed by atoms with Gasteiger partial charge in [-0.1, -0.05) is 12.1 Å². The van der Waals surface area contributed by atoms with Gasteiger partial charge in [0.1, 0.15) is 11.5 Å². The first kappa shape index (κ1) is 15.7. The number of hydrogen-bond donors (Lipinski definition) is 0. The van der Waals surface area contributed by atoms with Crippen LogP contribution >= 0.6 is 0 Å². The summed E-state index contributed by atoms with van der Waals surface area (Å²) in [6, 6.07) is 11.9. The van der Waals surface area contributed by atoms with E-state index < -0.39 is 5.97 Å². The molecular weight excluding hydrogens is 284 g/mol. The molecule has 0 saturated heterocycles. The molecular formula is C17H18O5. The maximum Gasteiger partial charge on any atom is 0.343 e. The van der Waals surface area contributed by atoms with Crippen molar-refractivity contribution in [3.63, 3.8) is 0 Å². The van der Waals surface area contributed by atoms with Crippen molar-refractivity contribution in [3.8, 4) is 23.0 Å². The van der Waals surface area contributed by atoms with Crippen molar-refractivity contribution in [2.75, 3.05) is 20.8 Å². The van der Waals surface area contributed by atoms with E-state index in [9.17, 15) is 4.79 Å². The zero-order chi connectivity index (χ0) is 15.9. The van der Waals surface area contributed by atoms with E-state index in [0.29, 0.717) is 35.2 Å². The summed E-state index contributed by atoms with van der Waals surface area (Å²) in [4.78, 5) is 12.3. The predicted molar refractivity (Wildman–Crippen MR) is 82.1 cm³/mol. The van der Waals surface area contributed by atoms with Gasteiger partial charge in [0.25, 0.3) is 0 Å². The second-order valence-corrected chi connectivity index (χ2v) is 4.37. The third kappa shape index (κ3) is 3.69. The Bertz CT molecular complexity index is 629. The number of benzene rings is 2. The van der Waals surface area contributed by atoms with Crippen LogP contribution in [-0.2, 0) is 0 Å². The fourth-order valence-corrected chi connectivity index (χ4v) is 1.89. The minimum atomic E-state index is -0.510. The Kier molecular flexibility index (Phi) is 5.25. The minimum absolute atomic E-state index is 0.336. The van der Waals surface area contributed by atoms with Gasteiger partial charge in [0, 0.05) is 6.07 Å². The van der Waals surface area contributed by atoms with Crippen molar-refractivity contribution in [1.82, 2.24) is 0 Å². The van der Waals surface area contributed by atoms with Gasteiger partial charge in [-0.25, -0.2) is 4.79 Å². The lowest BCUT2D eigenvalue weighted by Crippen LogP contribution is -2.10. The molecule has 0 atom stereocenters. The van der Waals surface area contributed by atoms with Crippen molar-refractivity contribution in [2.45, 2.75) is 6.92 Å². The molecule has 0 saturated carbocycles. The average molecular weight is 302 g/mol. The Morgan fingerprint density at radius 3 is 2.09 bits per heavy atom. The number of hydrogen-bond acceptors (Lipinski definition) is 5. The molecule has 0 heterocycles. The van der Waals surface area contributed by atoms with Gasteiger partial charge < -0.3 is 18.9 Å². The Balaban J connectivity index is 2.26. The first-order chi connectivity index (χ1) is 10.7. The lowest BCUT2D eigenvalue weighted by Gasteiger charge is -2.11. The molecule has 5 heteroatoms. The summed E-state index contributed by atoms with van der Waals surface area (Å²) >= 11 is 0. The molecule has 0 bridgehead atoms. The van der Waals surface area contributed by atoms with Gasteiger partial charge in [-0.3, -0.25) is 0 Å². The van der Waals surface area contributed by atoms with Crippen LogP contribution < -0.4 is 18.9 Å². The number of ether oxygens (including phenoxy) is 4. The van der Waals surface area contributed by atoms with Crippen LogP contribution in [0.4, 0.5) is 0 Å². The predicted octanol–water partition coefficient (Wildman–Crippen LogP) is 3.32. The number of esters is 1. The SMILES string of the molecule is CCOc1ccccc1OC(=O)c1cc(OC)cc(OC)c1. The molecule has 0 N–H and O–H groups in total. The fourth-order valence-electron chi connectivity index (χ4n) is 1.89. The summed E-state index contributed by atoms with van der Waals surface area (Å²) in [5.74, 6) is 1.42. The van der Waals surface area contributed by atoms with Crippen LogP contribution in [0, 0.1) is 0 Å². The van der Waals surface area contributed by atoms with Crippen LogP contribution in [0.1, 0.15) is 17.3 Å². The molecule has 0 aromatic heterocycles. The lowest BCUT2D eigenvalue weighted by molar-refractivity contribution is 0.0727. The summed E-state index contributed by atoms with van der Waals surface area (Å²) in [5.41, 5.74) is 0.336. The number of carbonyl (C=O) groups excluding carboxylic acids is 1. The summed E-state index contributed by atoms with van der Waals surface area (Å²) in [5, 5.41) is 0. The quantitative estimate of drug-likeness (QED) is 0.605. The number of methoxy groups -OCH3 is 2. The zero-order valence-electron chi connectivity index (χ0n) is 12.8. The van der Waals surface area contributed by atoms with Gasteiger partial charge in [-0.15, -0.1) is 0 Å². The molecule has 2 aromatic rings. The number of rotatable bonds is 6. The highest BCUT2D eigenvalue weighted by Gasteiger charge is 2.14. The van der Waals surface area contributed by atoms with Gasteiger partial charge in [0.2, 0.25) is 0 Å². The van der Waals surface area contributed by atoms with Crippen LogP contribution in [0.2, 0.25) is 0 Å². The minimum Gasteiger partial charge on any atom is -0.497 e. The molecule has 0 aliphatic carbocycles. The first-order valence-electron chi connectivity index (χ1n) is 6.85. The number of para-hydroxylation sites is 2. The Labute approximate surface area is 129 Å². The molecule has 22 heavy (non-hydrogen) atoms. The Morgan fingerprint density at radius 2 is 1.55 bits per heavy atom. The van der Waals surface area contributed by atoms with E-state index in [1.165, 1.54) is 14.2 Å². The third-order valence-corrected chi connectivity index (χ3v) is 2.94. The molecule has 5 nitrogen and oxygen atoms in total. The molecule has 0 aliphatic rings. The molecule has 0 unspecified atom stereocenters. The average Bonchev–Trinajstić information content (AvgIpc) is 2.56. The van der Waals surface area contributed by atoms with Crippen LogP contribution in [0.25, 0.3) is 0 Å². The Morgan fingerprint density at radius 1 is 0.955 bits per heavy atom. The van der Waals surface area contributed by atoms with Crippen LogP contribution in [-0.4, -0.2) is 26.8 Å². The van der Waals surface area contributed by atoms with Gasteiger partial charge in [0.15, 0.2) is 11.5 Å². The highest BCUT2D eigenvalue weighted by atomic mass is 16.6. The van der Waals surface area contributed by atoms with Gasteiger partial charge >= 0.3 is 5.97 Å². The van der Waals surface area contributed by atoms with Gasteiger partial charge in [-0.05, 0) is 31.2 Å². The van der Waals surface area contributed by atoms with Crippen molar-refractivity contribution in [2.24, 2.45) is 0 Å². The topological polar surface area (TPSA) is 54.0 Å². The first-order valence-corrected chi connectivity index (χ1v) is 6.85. The summed E-state index contributed by atoms with van der Waals surface area (Å²) in [6.45, 7) is 2.35. The van der Waals surface area contributed by atoms with Crippen molar-refractivity contribution in [3.05, 3.63) is 48.0 Å². The van der Waals surface area contributed by atoms with E-state index in [1.54, 1.807) is 36.4 Å². The van der Waals surface area contributed by atoms with E-state index in [0.717, 1.165) is 0 Å². The normalized spacial score (nSPS) is 9.95. The Hall–Kier alpha value is -2.69. The molecule has 0 radical (unpaired) electrons. The van der Waals surface area contributed by atoms with Crippen LogP contribution in [0.3, 0.4) is 0 Å².